The number of carboxylic acid groups (broad SMARTS) is 1. The maximum absolute atomic E-state index is 11.9. The van der Waals surface area contributed by atoms with Crippen molar-refractivity contribution in [2.24, 2.45) is 11.7 Å². The van der Waals surface area contributed by atoms with E-state index in [9.17, 15) is 9.90 Å². The van der Waals surface area contributed by atoms with Gasteiger partial charge in [-0.1, -0.05) is 36.6 Å². The third-order valence-electron chi connectivity index (χ3n) is 6.59. The molecule has 0 radical (unpaired) electrons. The summed E-state index contributed by atoms with van der Waals surface area (Å²) in [5.74, 6) is -1.01. The summed E-state index contributed by atoms with van der Waals surface area (Å²) in [6.45, 7) is 1.70. The first-order chi connectivity index (χ1) is 13.3. The number of halogens is 1. The minimum absolute atomic E-state index is 0.0623. The molecule has 1 fully saturated rings. The van der Waals surface area contributed by atoms with Crippen molar-refractivity contribution >= 4 is 24.7 Å². The Morgan fingerprint density at radius 2 is 1.96 bits per heavy atom. The maximum atomic E-state index is 11.9. The van der Waals surface area contributed by atoms with Crippen molar-refractivity contribution in [3.63, 3.8) is 0 Å². The van der Waals surface area contributed by atoms with Crippen LogP contribution in [0.3, 0.4) is 0 Å². The molecule has 0 spiro atoms. The smallest absolute Gasteiger partial charge is 0.451 e. The lowest BCUT2D eigenvalue weighted by Crippen LogP contribution is -2.57. The molecule has 1 aromatic rings. The van der Waals surface area contributed by atoms with Crippen LogP contribution in [0.1, 0.15) is 43.2 Å². The van der Waals surface area contributed by atoms with Crippen molar-refractivity contribution in [1.29, 1.82) is 0 Å². The molecule has 6 nitrogen and oxygen atoms in total. The lowest BCUT2D eigenvalue weighted by Gasteiger charge is -2.42. The van der Waals surface area contributed by atoms with E-state index < -0.39 is 18.6 Å². The third-order valence-corrected chi connectivity index (χ3v) is 6.94. The fourth-order valence-corrected chi connectivity index (χ4v) is 5.12. The number of piperidine rings is 1. The quantitative estimate of drug-likeness (QED) is 0.387. The van der Waals surface area contributed by atoms with Gasteiger partial charge in [-0.3, -0.25) is 9.69 Å². The molecule has 2 unspecified atom stereocenters. The Morgan fingerprint density at radius 1 is 1.25 bits per heavy atom. The van der Waals surface area contributed by atoms with Gasteiger partial charge in [-0.15, -0.1) is 0 Å². The SMILES string of the molecule is NC(CCCCB(O)O)(C(=O)O)C1CCN(C2Cc3cccc(Cl)c3C2)CC1. The number of rotatable bonds is 8. The van der Waals surface area contributed by atoms with Gasteiger partial charge < -0.3 is 20.9 Å². The molecule has 2 atom stereocenters. The Morgan fingerprint density at radius 3 is 2.57 bits per heavy atom. The average Bonchev–Trinajstić information content (AvgIpc) is 3.10. The zero-order valence-corrected chi connectivity index (χ0v) is 16.9. The van der Waals surface area contributed by atoms with E-state index >= 15 is 0 Å². The summed E-state index contributed by atoms with van der Waals surface area (Å²) in [5.41, 5.74) is 7.69. The van der Waals surface area contributed by atoms with E-state index in [-0.39, 0.29) is 12.2 Å². The van der Waals surface area contributed by atoms with Crippen LogP contribution >= 0.6 is 11.6 Å². The predicted octanol–water partition coefficient (Wildman–Crippen LogP) is 1.94. The van der Waals surface area contributed by atoms with Gasteiger partial charge in [0.1, 0.15) is 5.54 Å². The van der Waals surface area contributed by atoms with Crippen molar-refractivity contribution in [3.8, 4) is 0 Å². The van der Waals surface area contributed by atoms with Crippen molar-refractivity contribution in [2.75, 3.05) is 13.1 Å². The average molecular weight is 409 g/mol. The first kappa shape index (κ1) is 21.6. The maximum Gasteiger partial charge on any atom is 0.451 e. The lowest BCUT2D eigenvalue weighted by molar-refractivity contribution is -0.147. The Labute approximate surface area is 171 Å². The number of benzene rings is 1. The Balaban J connectivity index is 1.54. The van der Waals surface area contributed by atoms with Gasteiger partial charge >= 0.3 is 13.1 Å². The standard InChI is InChI=1S/C20H30BClN2O4/c22-18-5-3-4-14-12-16(13-17(14)18)24-10-6-15(7-11-24)20(23,19(25)26)8-1-2-9-21(27)28/h3-5,15-16,27-28H,1-2,6-13,23H2,(H,25,26). The first-order valence-electron chi connectivity index (χ1n) is 10.2. The van der Waals surface area contributed by atoms with E-state index in [1.807, 2.05) is 12.1 Å². The molecule has 0 saturated carbocycles. The van der Waals surface area contributed by atoms with Crippen LogP contribution in [0.4, 0.5) is 0 Å². The highest BCUT2D eigenvalue weighted by molar-refractivity contribution is 6.40. The van der Waals surface area contributed by atoms with Crippen LogP contribution in [-0.2, 0) is 17.6 Å². The molecule has 1 heterocycles. The monoisotopic (exact) mass is 408 g/mol. The number of carbonyl (C=O) groups is 1. The summed E-state index contributed by atoms with van der Waals surface area (Å²) in [4.78, 5) is 14.4. The number of likely N-dealkylation sites (tertiary alicyclic amines) is 1. The molecule has 1 aromatic carbocycles. The van der Waals surface area contributed by atoms with Crippen molar-refractivity contribution < 1.29 is 19.9 Å². The van der Waals surface area contributed by atoms with Crippen LogP contribution in [0.5, 0.6) is 0 Å². The number of nitrogens with zero attached hydrogens (tertiary/aromatic N) is 1. The summed E-state index contributed by atoms with van der Waals surface area (Å²) in [5, 5.41) is 28.5. The van der Waals surface area contributed by atoms with E-state index in [4.69, 9.17) is 27.4 Å². The molecule has 28 heavy (non-hydrogen) atoms. The minimum Gasteiger partial charge on any atom is -0.480 e. The zero-order chi connectivity index (χ0) is 20.3. The fraction of sp³-hybridized carbons (Fsp3) is 0.650. The van der Waals surface area contributed by atoms with E-state index in [1.165, 1.54) is 11.1 Å². The summed E-state index contributed by atoms with van der Waals surface area (Å²) in [7, 11) is -1.34. The Bertz CT molecular complexity index is 697. The minimum atomic E-state index is -1.34. The molecule has 0 amide bonds. The third kappa shape index (κ3) is 4.71. The van der Waals surface area contributed by atoms with E-state index in [1.54, 1.807) is 0 Å². The van der Waals surface area contributed by atoms with E-state index in [0.717, 1.165) is 43.8 Å². The summed E-state index contributed by atoms with van der Waals surface area (Å²) in [6.07, 6.45) is 5.24. The van der Waals surface area contributed by atoms with Crippen molar-refractivity contribution in [3.05, 3.63) is 34.3 Å². The zero-order valence-electron chi connectivity index (χ0n) is 16.2. The molecule has 8 heteroatoms. The second-order valence-corrected chi connectivity index (χ2v) is 8.73. The van der Waals surface area contributed by atoms with Gasteiger partial charge in [0.2, 0.25) is 0 Å². The van der Waals surface area contributed by atoms with Crippen LogP contribution in [0.2, 0.25) is 11.3 Å². The Hall–Kier alpha value is -1.12. The van der Waals surface area contributed by atoms with Gasteiger partial charge in [-0.05, 0) is 74.6 Å². The van der Waals surface area contributed by atoms with Gasteiger partial charge in [-0.25, -0.2) is 0 Å². The second-order valence-electron chi connectivity index (χ2n) is 8.32. The molecule has 1 aliphatic heterocycles. The fourth-order valence-electron chi connectivity index (χ4n) is 4.85. The van der Waals surface area contributed by atoms with Crippen LogP contribution in [0.15, 0.2) is 18.2 Å². The highest BCUT2D eigenvalue weighted by Crippen LogP contribution is 2.36. The second kappa shape index (κ2) is 9.14. The molecule has 1 saturated heterocycles. The van der Waals surface area contributed by atoms with Gasteiger partial charge in [0, 0.05) is 11.1 Å². The first-order valence-corrected chi connectivity index (χ1v) is 10.6. The molecule has 0 bridgehead atoms. The van der Waals surface area contributed by atoms with Gasteiger partial charge in [-0.2, -0.15) is 0 Å². The highest BCUT2D eigenvalue weighted by Gasteiger charge is 2.44. The summed E-state index contributed by atoms with van der Waals surface area (Å²) in [6, 6.07) is 6.52. The molecular weight excluding hydrogens is 378 g/mol. The van der Waals surface area contributed by atoms with Crippen molar-refractivity contribution in [2.45, 2.75) is 62.8 Å². The number of hydrogen-bond acceptors (Lipinski definition) is 5. The van der Waals surface area contributed by atoms with Gasteiger partial charge in [0.15, 0.2) is 0 Å². The predicted molar refractivity (Wildman–Crippen MR) is 110 cm³/mol. The highest BCUT2D eigenvalue weighted by atomic mass is 35.5. The lowest BCUT2D eigenvalue weighted by atomic mass is 9.74. The van der Waals surface area contributed by atoms with Crippen LogP contribution in [0.25, 0.3) is 0 Å². The largest absolute Gasteiger partial charge is 0.480 e. The molecule has 0 aromatic heterocycles. The molecule has 3 rings (SSSR count). The van der Waals surface area contributed by atoms with Crippen LogP contribution in [0, 0.1) is 5.92 Å². The number of carboxylic acids is 1. The van der Waals surface area contributed by atoms with Gasteiger partial charge in [0.05, 0.1) is 0 Å². The van der Waals surface area contributed by atoms with Crippen LogP contribution < -0.4 is 5.73 Å². The molecule has 2 aliphatic rings. The Kier molecular flexibility index (Phi) is 7.05. The molecular formula is C20H30BClN2O4. The van der Waals surface area contributed by atoms with E-state index in [2.05, 4.69) is 11.0 Å². The number of hydrogen-bond donors (Lipinski definition) is 4. The topological polar surface area (TPSA) is 107 Å². The normalized spacial score (nSPS) is 22.6. The molecule has 1 aliphatic carbocycles. The summed E-state index contributed by atoms with van der Waals surface area (Å²) < 4.78 is 0. The summed E-state index contributed by atoms with van der Waals surface area (Å²) >= 11 is 6.34. The van der Waals surface area contributed by atoms with Crippen LogP contribution in [-0.4, -0.2) is 57.8 Å². The van der Waals surface area contributed by atoms with E-state index in [0.29, 0.717) is 25.3 Å². The number of fused-ring (bicyclic) bond motifs is 1. The molecule has 154 valence electrons. The molecule has 5 N–H and O–H groups in total. The number of unbranched alkanes of at least 4 members (excludes halogenated alkanes) is 1. The van der Waals surface area contributed by atoms with Gasteiger partial charge in [0.25, 0.3) is 0 Å². The van der Waals surface area contributed by atoms with Crippen molar-refractivity contribution in [1.82, 2.24) is 4.90 Å². The number of nitrogens with two attached hydrogens (primary N) is 1. The number of aliphatic carboxylic acids is 1.